The van der Waals surface area contributed by atoms with Crippen LogP contribution in [-0.2, 0) is 6.54 Å². The molecule has 0 aliphatic rings. The fourth-order valence-electron chi connectivity index (χ4n) is 1.37. The lowest BCUT2D eigenvalue weighted by Crippen LogP contribution is -2.22. The first kappa shape index (κ1) is 12.4. The lowest BCUT2D eigenvalue weighted by Gasteiger charge is -2.01. The van der Waals surface area contributed by atoms with Crippen molar-refractivity contribution < 1.29 is 4.79 Å². The molecule has 2 heterocycles. The summed E-state index contributed by atoms with van der Waals surface area (Å²) in [6, 6.07) is 1.82. The number of hydrogen-bond acceptors (Lipinski definition) is 4. The van der Waals surface area contributed by atoms with Crippen LogP contribution in [0.2, 0.25) is 0 Å². The maximum Gasteiger partial charge on any atom is 0.262 e. The van der Waals surface area contributed by atoms with E-state index in [0.29, 0.717) is 11.4 Å². The third-order valence-corrected chi connectivity index (χ3v) is 3.12. The lowest BCUT2D eigenvalue weighted by molar-refractivity contribution is 0.0955. The highest BCUT2D eigenvalue weighted by Crippen LogP contribution is 2.15. The molecule has 0 bridgehead atoms. The van der Waals surface area contributed by atoms with E-state index in [0.717, 1.165) is 11.1 Å². The molecule has 0 aromatic carbocycles. The molecular formula is C12H12N4OS. The number of carbonyl (C=O) groups is 1. The fourth-order valence-corrected chi connectivity index (χ4v) is 2.13. The Kier molecular flexibility index (Phi) is 4.12. The van der Waals surface area contributed by atoms with Gasteiger partial charge in [0.1, 0.15) is 4.88 Å². The molecule has 0 radical (unpaired) electrons. The fraction of sp³-hybridized carbons (Fsp3) is 0.167. The van der Waals surface area contributed by atoms with E-state index < -0.39 is 0 Å². The normalized spacial score (nSPS) is 9.61. The quantitative estimate of drug-likeness (QED) is 0.711. The third kappa shape index (κ3) is 2.97. The summed E-state index contributed by atoms with van der Waals surface area (Å²) in [6.07, 6.45) is 3.41. The molecule has 92 valence electrons. The summed E-state index contributed by atoms with van der Waals surface area (Å²) in [5.74, 6) is 5.50. The molecule has 0 unspecified atom stereocenters. The summed E-state index contributed by atoms with van der Waals surface area (Å²) in [4.78, 5) is 12.6. The minimum atomic E-state index is -0.132. The Morgan fingerprint density at radius 1 is 1.61 bits per heavy atom. The molecule has 0 saturated carbocycles. The summed E-state index contributed by atoms with van der Waals surface area (Å²) >= 11 is 1.37. The van der Waals surface area contributed by atoms with Crippen molar-refractivity contribution >= 4 is 17.2 Å². The van der Waals surface area contributed by atoms with Crippen LogP contribution >= 0.6 is 11.3 Å². The van der Waals surface area contributed by atoms with E-state index in [1.807, 2.05) is 11.4 Å². The number of amides is 1. The summed E-state index contributed by atoms with van der Waals surface area (Å²) in [5, 5.41) is 11.2. The highest BCUT2D eigenvalue weighted by Gasteiger charge is 2.11. The number of nitrogens with zero attached hydrogens (tertiary/aromatic N) is 1. The Hall–Kier alpha value is -2.10. The predicted octanol–water partition coefficient (Wildman–Crippen LogP) is 0.711. The van der Waals surface area contributed by atoms with Gasteiger partial charge in [0.2, 0.25) is 0 Å². The van der Waals surface area contributed by atoms with Gasteiger partial charge in [-0.1, -0.05) is 11.8 Å². The Bertz CT molecular complexity index is 577. The van der Waals surface area contributed by atoms with Gasteiger partial charge in [-0.2, -0.15) is 5.10 Å². The topological polar surface area (TPSA) is 83.8 Å². The van der Waals surface area contributed by atoms with Crippen LogP contribution in [0.15, 0.2) is 23.8 Å². The van der Waals surface area contributed by atoms with Crippen LogP contribution in [0.4, 0.5) is 0 Å². The second-order valence-corrected chi connectivity index (χ2v) is 4.37. The standard InChI is InChI=1S/C12H12N4OS/c13-4-1-2-10-3-5-18-11(10)12(17)14-6-9-7-15-16-8-9/h3,5,7-8H,4,6,13H2,(H,14,17)(H,15,16). The maximum absolute atomic E-state index is 12.0. The number of carbonyl (C=O) groups excluding carboxylic acids is 1. The second kappa shape index (κ2) is 6.00. The van der Waals surface area contributed by atoms with Crippen LogP contribution in [0.3, 0.4) is 0 Å². The number of nitrogens with two attached hydrogens (primary N) is 1. The molecule has 0 aliphatic carbocycles. The molecule has 5 nitrogen and oxygen atoms in total. The van der Waals surface area contributed by atoms with Gasteiger partial charge in [0.25, 0.3) is 5.91 Å². The summed E-state index contributed by atoms with van der Waals surface area (Å²) < 4.78 is 0. The number of hydrogen-bond donors (Lipinski definition) is 3. The van der Waals surface area contributed by atoms with Crippen molar-refractivity contribution in [2.45, 2.75) is 6.54 Å². The Morgan fingerprint density at radius 2 is 2.50 bits per heavy atom. The van der Waals surface area contributed by atoms with E-state index in [9.17, 15) is 4.79 Å². The number of H-pyrrole nitrogens is 1. The maximum atomic E-state index is 12.0. The van der Waals surface area contributed by atoms with Crippen molar-refractivity contribution in [2.24, 2.45) is 5.73 Å². The van der Waals surface area contributed by atoms with Crippen molar-refractivity contribution in [1.29, 1.82) is 0 Å². The first-order valence-electron chi connectivity index (χ1n) is 5.33. The van der Waals surface area contributed by atoms with Gasteiger partial charge in [-0.3, -0.25) is 9.89 Å². The smallest absolute Gasteiger partial charge is 0.262 e. The average Bonchev–Trinajstić information content (AvgIpc) is 3.04. The number of aromatic amines is 1. The molecule has 0 atom stereocenters. The van der Waals surface area contributed by atoms with E-state index in [1.54, 1.807) is 12.4 Å². The molecule has 18 heavy (non-hydrogen) atoms. The van der Waals surface area contributed by atoms with E-state index >= 15 is 0 Å². The van der Waals surface area contributed by atoms with E-state index in [-0.39, 0.29) is 12.5 Å². The van der Waals surface area contributed by atoms with Crippen molar-refractivity contribution in [3.8, 4) is 11.8 Å². The van der Waals surface area contributed by atoms with Crippen LogP contribution in [-0.4, -0.2) is 22.6 Å². The lowest BCUT2D eigenvalue weighted by atomic mass is 10.2. The minimum absolute atomic E-state index is 0.132. The van der Waals surface area contributed by atoms with E-state index in [2.05, 4.69) is 27.4 Å². The van der Waals surface area contributed by atoms with Crippen molar-refractivity contribution in [3.05, 3.63) is 39.8 Å². The van der Waals surface area contributed by atoms with Gasteiger partial charge in [-0.15, -0.1) is 11.3 Å². The third-order valence-electron chi connectivity index (χ3n) is 2.20. The van der Waals surface area contributed by atoms with Gasteiger partial charge in [-0.25, -0.2) is 0 Å². The average molecular weight is 260 g/mol. The Balaban J connectivity index is 2.02. The van der Waals surface area contributed by atoms with Gasteiger partial charge in [-0.05, 0) is 11.4 Å². The van der Waals surface area contributed by atoms with Crippen LogP contribution in [0, 0.1) is 11.8 Å². The van der Waals surface area contributed by atoms with Crippen LogP contribution in [0.1, 0.15) is 20.8 Å². The van der Waals surface area contributed by atoms with Crippen molar-refractivity contribution in [1.82, 2.24) is 15.5 Å². The van der Waals surface area contributed by atoms with Gasteiger partial charge in [0.15, 0.2) is 0 Å². The summed E-state index contributed by atoms with van der Waals surface area (Å²) in [6.45, 7) is 0.725. The highest BCUT2D eigenvalue weighted by atomic mass is 32.1. The van der Waals surface area contributed by atoms with Gasteiger partial charge in [0, 0.05) is 23.9 Å². The molecule has 2 rings (SSSR count). The summed E-state index contributed by atoms with van der Waals surface area (Å²) in [7, 11) is 0. The summed E-state index contributed by atoms with van der Waals surface area (Å²) in [5.41, 5.74) is 6.96. The predicted molar refractivity (Wildman–Crippen MR) is 70.0 cm³/mol. The molecular weight excluding hydrogens is 248 g/mol. The Morgan fingerprint density at radius 3 is 3.22 bits per heavy atom. The van der Waals surface area contributed by atoms with Gasteiger partial charge >= 0.3 is 0 Å². The zero-order valence-electron chi connectivity index (χ0n) is 9.56. The van der Waals surface area contributed by atoms with E-state index in [1.165, 1.54) is 11.3 Å². The second-order valence-electron chi connectivity index (χ2n) is 3.46. The van der Waals surface area contributed by atoms with Crippen molar-refractivity contribution in [3.63, 3.8) is 0 Å². The molecule has 6 heteroatoms. The molecule has 2 aromatic heterocycles. The number of nitrogens with one attached hydrogen (secondary N) is 2. The first-order chi connectivity index (χ1) is 8.81. The number of thiophene rings is 1. The van der Waals surface area contributed by atoms with E-state index in [4.69, 9.17) is 5.73 Å². The van der Waals surface area contributed by atoms with Crippen LogP contribution in [0.25, 0.3) is 0 Å². The molecule has 2 aromatic rings. The first-order valence-corrected chi connectivity index (χ1v) is 6.21. The van der Waals surface area contributed by atoms with Crippen LogP contribution < -0.4 is 11.1 Å². The van der Waals surface area contributed by atoms with Gasteiger partial charge in [0.05, 0.1) is 12.7 Å². The zero-order chi connectivity index (χ0) is 12.8. The Labute approximate surface area is 108 Å². The largest absolute Gasteiger partial charge is 0.347 e. The number of aromatic nitrogens is 2. The minimum Gasteiger partial charge on any atom is -0.347 e. The molecule has 0 aliphatic heterocycles. The van der Waals surface area contributed by atoms with Gasteiger partial charge < -0.3 is 11.1 Å². The molecule has 0 fully saturated rings. The number of rotatable bonds is 3. The van der Waals surface area contributed by atoms with Crippen molar-refractivity contribution in [2.75, 3.05) is 6.54 Å². The molecule has 4 N–H and O–H groups in total. The van der Waals surface area contributed by atoms with Crippen LogP contribution in [0.5, 0.6) is 0 Å². The molecule has 0 spiro atoms. The molecule has 1 amide bonds. The SMILES string of the molecule is NCC#Cc1ccsc1C(=O)NCc1cn[nH]c1. The zero-order valence-corrected chi connectivity index (χ0v) is 10.4. The highest BCUT2D eigenvalue weighted by molar-refractivity contribution is 7.12. The molecule has 0 saturated heterocycles. The monoisotopic (exact) mass is 260 g/mol.